The molecule has 1 fully saturated rings. The number of hydroxylamine groups is 2. The maximum atomic E-state index is 13.4. The van der Waals surface area contributed by atoms with Crippen LogP contribution in [0.2, 0.25) is 0 Å². The zero-order valence-electron chi connectivity index (χ0n) is 39.1. The predicted octanol–water partition coefficient (Wildman–Crippen LogP) is 11.8. The first-order valence-corrected chi connectivity index (χ1v) is 25.4. The van der Waals surface area contributed by atoms with Gasteiger partial charge in [-0.15, -0.1) is 10.3 Å². The Kier molecular flexibility index (Phi) is 30.8. The third kappa shape index (κ3) is 29.0. The van der Waals surface area contributed by atoms with Gasteiger partial charge in [-0.3, -0.25) is 18.6 Å². The van der Waals surface area contributed by atoms with Gasteiger partial charge in [-0.2, -0.15) is 0 Å². The maximum absolute atomic E-state index is 13.4. The number of ether oxygens (including phenoxy) is 3. The lowest BCUT2D eigenvalue weighted by molar-refractivity contribution is -0.870. The van der Waals surface area contributed by atoms with Gasteiger partial charge in [-0.25, -0.2) is 4.57 Å². The summed E-state index contributed by atoms with van der Waals surface area (Å²) in [6, 6.07) is 0. The van der Waals surface area contributed by atoms with Crippen LogP contribution in [-0.4, -0.2) is 97.9 Å². The van der Waals surface area contributed by atoms with E-state index in [1.54, 1.807) is 0 Å². The van der Waals surface area contributed by atoms with Crippen LogP contribution in [0.15, 0.2) is 0 Å². The van der Waals surface area contributed by atoms with E-state index in [-0.39, 0.29) is 26.1 Å². The molecular weight excluding hydrogens is 771 g/mol. The second kappa shape index (κ2) is 32.5. The Labute approximate surface area is 361 Å². The number of carbonyl (C=O) groups is 2. The van der Waals surface area contributed by atoms with Gasteiger partial charge in [-0.05, 0) is 52.4 Å². The third-order valence-corrected chi connectivity index (χ3v) is 12.4. The van der Waals surface area contributed by atoms with Crippen LogP contribution < -0.4 is 0 Å². The first-order chi connectivity index (χ1) is 28.1. The molecule has 1 saturated heterocycles. The molecule has 0 aromatic rings. The predicted molar refractivity (Wildman–Crippen MR) is 236 cm³/mol. The number of carbonyl (C=O) groups excluding carboxylic acids is 2. The van der Waals surface area contributed by atoms with Gasteiger partial charge in [-0.1, -0.05) is 149 Å². The molecule has 1 N–H and O–H groups in total. The fourth-order valence-corrected chi connectivity index (χ4v) is 8.30. The normalized spacial score (nSPS) is 18.5. The lowest BCUT2D eigenvalue weighted by atomic mass is 9.95. The van der Waals surface area contributed by atoms with E-state index >= 15 is 0 Å². The highest BCUT2D eigenvalue weighted by molar-refractivity contribution is 7.47. The third-order valence-electron chi connectivity index (χ3n) is 11.4. The van der Waals surface area contributed by atoms with Crippen molar-refractivity contribution >= 4 is 19.8 Å². The van der Waals surface area contributed by atoms with E-state index in [9.17, 15) is 24.3 Å². The maximum Gasteiger partial charge on any atom is 0.472 e. The van der Waals surface area contributed by atoms with Gasteiger partial charge in [0.05, 0.1) is 39.9 Å². The number of phosphoric ester groups is 1. The van der Waals surface area contributed by atoms with E-state index in [1.807, 2.05) is 35.0 Å². The largest absolute Gasteiger partial charge is 0.472 e. The number of nitrogens with zero attached hydrogens (tertiary/aromatic N) is 2. The van der Waals surface area contributed by atoms with E-state index in [4.69, 9.17) is 23.3 Å². The summed E-state index contributed by atoms with van der Waals surface area (Å²) in [5.41, 5.74) is -1.41. The minimum Gasteiger partial charge on any atom is -0.462 e. The highest BCUT2D eigenvalue weighted by Gasteiger charge is 2.52. The van der Waals surface area contributed by atoms with Crippen molar-refractivity contribution in [2.24, 2.45) is 0 Å². The quantitative estimate of drug-likeness (QED) is 0.0274. The number of rotatable bonds is 40. The Hall–Kier alpha value is -1.11. The smallest absolute Gasteiger partial charge is 0.462 e. The lowest BCUT2D eigenvalue weighted by Gasteiger charge is -2.35. The van der Waals surface area contributed by atoms with Gasteiger partial charge in [0.25, 0.3) is 0 Å². The average molecular weight is 863 g/mol. The zero-order valence-corrected chi connectivity index (χ0v) is 40.0. The summed E-state index contributed by atoms with van der Waals surface area (Å²) < 4.78 is 40.8. The van der Waals surface area contributed by atoms with Crippen molar-refractivity contribution in [1.82, 2.24) is 5.06 Å². The zero-order chi connectivity index (χ0) is 43.9. The molecule has 2 unspecified atom stereocenters. The molecule has 1 radical (unpaired) electrons. The van der Waals surface area contributed by atoms with E-state index in [2.05, 4.69) is 13.8 Å². The lowest BCUT2D eigenvalue weighted by Crippen LogP contribution is -2.49. The summed E-state index contributed by atoms with van der Waals surface area (Å²) in [5.74, 6) is -0.917. The van der Waals surface area contributed by atoms with Gasteiger partial charge in [0, 0.05) is 12.8 Å². The number of quaternary nitrogens is 1. The molecular formula is C46H91N2O10P+. The average Bonchev–Trinajstić information content (AvgIpc) is 3.40. The van der Waals surface area contributed by atoms with Gasteiger partial charge in [0.2, 0.25) is 0 Å². The fraction of sp³-hybridized carbons (Fsp3) is 0.957. The minimum atomic E-state index is -4.43. The van der Waals surface area contributed by atoms with Crippen molar-refractivity contribution in [1.29, 1.82) is 0 Å². The van der Waals surface area contributed by atoms with Crippen LogP contribution in [0.3, 0.4) is 0 Å². The van der Waals surface area contributed by atoms with Crippen LogP contribution in [0.1, 0.15) is 214 Å². The molecule has 0 aliphatic carbocycles. The van der Waals surface area contributed by atoms with Crippen molar-refractivity contribution in [3.8, 4) is 0 Å². The molecule has 1 rings (SSSR count). The number of hydrogen-bond donors (Lipinski definition) is 1. The van der Waals surface area contributed by atoms with Crippen molar-refractivity contribution in [3.05, 3.63) is 0 Å². The van der Waals surface area contributed by atoms with Gasteiger partial charge >= 0.3 is 19.8 Å². The van der Waals surface area contributed by atoms with Gasteiger partial charge in [0.15, 0.2) is 6.10 Å². The summed E-state index contributed by atoms with van der Waals surface area (Å²) in [6.07, 6.45) is 29.2. The highest BCUT2D eigenvalue weighted by atomic mass is 31.2. The summed E-state index contributed by atoms with van der Waals surface area (Å²) in [4.78, 5) is 35.8. The Morgan fingerprint density at radius 1 is 0.661 bits per heavy atom. The molecule has 0 saturated carbocycles. The summed E-state index contributed by atoms with van der Waals surface area (Å²) >= 11 is 0. The van der Waals surface area contributed by atoms with Crippen LogP contribution >= 0.6 is 7.82 Å². The van der Waals surface area contributed by atoms with Crippen LogP contribution in [0.4, 0.5) is 0 Å². The number of hydrogen-bond acceptors (Lipinski definition) is 9. The molecule has 349 valence electrons. The molecule has 13 heteroatoms. The first-order valence-electron chi connectivity index (χ1n) is 23.9. The van der Waals surface area contributed by atoms with Crippen molar-refractivity contribution < 1.29 is 52.0 Å². The molecule has 59 heavy (non-hydrogen) atoms. The van der Waals surface area contributed by atoms with E-state index in [0.717, 1.165) is 38.5 Å². The van der Waals surface area contributed by atoms with Gasteiger partial charge in [0.1, 0.15) is 25.5 Å². The van der Waals surface area contributed by atoms with E-state index in [0.29, 0.717) is 43.3 Å². The Balaban J connectivity index is 2.54. The second-order valence-electron chi connectivity index (χ2n) is 18.9. The Bertz CT molecular complexity index is 1120. The number of phosphoric acid groups is 1. The molecule has 1 aliphatic rings. The van der Waals surface area contributed by atoms with Gasteiger partial charge < -0.3 is 23.6 Å². The molecule has 3 atom stereocenters. The Morgan fingerprint density at radius 3 is 1.53 bits per heavy atom. The molecule has 0 bridgehead atoms. The topological polar surface area (TPSA) is 141 Å². The van der Waals surface area contributed by atoms with Crippen molar-refractivity contribution in [2.75, 3.05) is 54.1 Å². The molecule has 12 nitrogen and oxygen atoms in total. The highest BCUT2D eigenvalue weighted by Crippen LogP contribution is 2.43. The van der Waals surface area contributed by atoms with E-state index < -0.39 is 43.7 Å². The molecule has 1 aliphatic heterocycles. The molecule has 0 spiro atoms. The van der Waals surface area contributed by atoms with Crippen LogP contribution in [0, 0.1) is 0 Å². The monoisotopic (exact) mass is 863 g/mol. The molecule has 0 aromatic heterocycles. The standard InChI is InChI=1S/C46H90N2O10P/c1-8-10-12-14-16-18-19-20-21-22-24-26-29-33-43(49)54-39-42(40-57-59(52,53)56-38-37-48(5,6)7)58-44(50)34-30-28-32-36-46(47(51)45(3,4)41-55-46)35-31-27-25-23-17-15-13-11-9-2/h42H,8-41H2,1-7H3/p+1/t42-,46?/m0/s1. The molecule has 0 amide bonds. The van der Waals surface area contributed by atoms with Crippen molar-refractivity contribution in [2.45, 2.75) is 231 Å². The summed E-state index contributed by atoms with van der Waals surface area (Å²) in [5, 5.41) is 14.6. The van der Waals surface area contributed by atoms with Crippen molar-refractivity contribution in [3.63, 3.8) is 0 Å². The second-order valence-corrected chi connectivity index (χ2v) is 20.3. The SMILES string of the molecule is CCCCCCCCCCCCCCCC(=O)OC[C@@H](COP(=O)(O)OCC[N+](C)(C)C)OC(=O)CCCCCC1(CCCCCCCCCCC)OCC(C)(C)N1[O]. The van der Waals surface area contributed by atoms with Crippen LogP contribution in [0.25, 0.3) is 0 Å². The fourth-order valence-electron chi connectivity index (χ4n) is 7.56. The summed E-state index contributed by atoms with van der Waals surface area (Å²) in [6.45, 7) is 8.49. The molecule has 1 heterocycles. The number of esters is 2. The van der Waals surface area contributed by atoms with Crippen LogP contribution in [0.5, 0.6) is 0 Å². The number of likely N-dealkylation sites (N-methyl/N-ethyl adjacent to an activating group) is 1. The van der Waals surface area contributed by atoms with Crippen LogP contribution in [-0.2, 0) is 42.6 Å². The van der Waals surface area contributed by atoms with E-state index in [1.165, 1.54) is 114 Å². The first kappa shape index (κ1) is 55.9. The minimum absolute atomic E-state index is 0.00294. The number of unbranched alkanes of at least 4 members (excludes halogenated alkanes) is 22. The molecule has 0 aromatic carbocycles. The summed E-state index contributed by atoms with van der Waals surface area (Å²) in [7, 11) is 1.38. The Morgan fingerprint density at radius 2 is 1.08 bits per heavy atom.